The summed E-state index contributed by atoms with van der Waals surface area (Å²) in [5, 5.41) is 23.5. The van der Waals surface area contributed by atoms with Gasteiger partial charge in [-0.3, -0.25) is 0 Å². The van der Waals surface area contributed by atoms with Crippen molar-refractivity contribution < 1.29 is 13.7 Å². The van der Waals surface area contributed by atoms with Crippen molar-refractivity contribution in [3.63, 3.8) is 0 Å². The van der Waals surface area contributed by atoms with E-state index < -0.39 is 36.9 Å². The first-order valence-electron chi connectivity index (χ1n) is 12.8. The lowest BCUT2D eigenvalue weighted by molar-refractivity contribution is 1.16. The van der Waals surface area contributed by atoms with Gasteiger partial charge in [-0.25, -0.2) is 4.98 Å². The molecule has 0 spiro atoms. The van der Waals surface area contributed by atoms with Crippen molar-refractivity contribution in [3.05, 3.63) is 76.9 Å². The minimum atomic E-state index is -2.85. The minimum absolute atomic E-state index is 0.00284. The van der Waals surface area contributed by atoms with Crippen LogP contribution in [0.2, 0.25) is 0 Å². The van der Waals surface area contributed by atoms with Gasteiger partial charge in [0.1, 0.15) is 5.82 Å². The largest absolute Gasteiger partial charge is 0.340 e. The number of benzene rings is 2. The Morgan fingerprint density at radius 3 is 2.54 bits per heavy atom. The maximum atomic E-state index is 9.04. The summed E-state index contributed by atoms with van der Waals surface area (Å²) >= 11 is 0. The Balaban J connectivity index is 2.11. The van der Waals surface area contributed by atoms with Gasteiger partial charge in [0, 0.05) is 31.8 Å². The highest BCUT2D eigenvalue weighted by Gasteiger charge is 2.07. The fourth-order valence-corrected chi connectivity index (χ4v) is 2.21. The van der Waals surface area contributed by atoms with Crippen molar-refractivity contribution in [2.45, 2.75) is 13.7 Å². The third-order valence-electron chi connectivity index (χ3n) is 3.42. The third-order valence-corrected chi connectivity index (χ3v) is 3.42. The first-order chi connectivity index (χ1) is 17.6. The molecule has 0 aliphatic rings. The number of nitrogens with zero attached hydrogens (tertiary/aromatic N) is 4. The molecular weight excluding hydrogens is 348 g/mol. The maximum absolute atomic E-state index is 9.04. The van der Waals surface area contributed by atoms with E-state index in [1.54, 1.807) is 6.07 Å². The number of anilines is 4. The Morgan fingerprint density at radius 1 is 1.14 bits per heavy atom. The zero-order valence-corrected chi connectivity index (χ0v) is 14.3. The van der Waals surface area contributed by atoms with Gasteiger partial charge >= 0.3 is 0 Å². The molecule has 0 saturated carbocycles. The number of nitriles is 2. The molecule has 0 radical (unpaired) electrons. The molecule has 0 amide bonds. The van der Waals surface area contributed by atoms with E-state index in [4.69, 9.17) is 24.2 Å². The van der Waals surface area contributed by atoms with E-state index >= 15 is 0 Å². The number of aromatic nitrogens is 2. The van der Waals surface area contributed by atoms with Crippen LogP contribution in [-0.2, 0) is 0 Å². The van der Waals surface area contributed by atoms with Crippen molar-refractivity contribution in [1.29, 1.82) is 10.5 Å². The van der Waals surface area contributed by atoms with Crippen LogP contribution < -0.4 is 10.6 Å². The molecule has 6 heteroatoms. The highest BCUT2D eigenvalue weighted by Crippen LogP contribution is 2.26. The first kappa shape index (κ1) is 9.68. The summed E-state index contributed by atoms with van der Waals surface area (Å²) in [6, 6.07) is 7.48. The summed E-state index contributed by atoms with van der Waals surface area (Å²) in [5.41, 5.74) is -1.32. The second-order valence-electron chi connectivity index (χ2n) is 5.34. The van der Waals surface area contributed by atoms with Crippen LogP contribution in [0, 0.1) is 36.4 Å². The number of rotatable bonds is 5. The highest BCUT2D eigenvalue weighted by atomic mass is 15.1. The quantitative estimate of drug-likeness (QED) is 0.609. The van der Waals surface area contributed by atoms with E-state index in [0.29, 0.717) is 0 Å². The summed E-state index contributed by atoms with van der Waals surface area (Å²) in [7, 11) is 0. The van der Waals surface area contributed by atoms with E-state index in [-0.39, 0.29) is 46.4 Å². The number of nitrogens with one attached hydrogen (secondary N) is 2. The molecule has 3 rings (SSSR count). The number of hydrogen-bond donors (Lipinski definition) is 2. The lowest BCUT2D eigenvalue weighted by atomic mass is 10.0. The monoisotopic (exact) mass is 376 g/mol. The molecule has 0 aliphatic carbocycles. The molecule has 0 fully saturated rings. The highest BCUT2D eigenvalue weighted by molar-refractivity contribution is 5.69. The summed E-state index contributed by atoms with van der Waals surface area (Å²) < 4.78 is 79.0. The molecule has 0 bridgehead atoms. The second kappa shape index (κ2) is 8.48. The predicted molar refractivity (Wildman–Crippen MR) is 110 cm³/mol. The van der Waals surface area contributed by atoms with Gasteiger partial charge in [-0.2, -0.15) is 15.5 Å². The van der Waals surface area contributed by atoms with Crippen molar-refractivity contribution >= 4 is 29.2 Å². The van der Waals surface area contributed by atoms with Crippen LogP contribution >= 0.6 is 0 Å². The molecule has 136 valence electrons. The van der Waals surface area contributed by atoms with Gasteiger partial charge in [-0.05, 0) is 78.9 Å². The molecule has 28 heavy (non-hydrogen) atoms. The summed E-state index contributed by atoms with van der Waals surface area (Å²) in [4.78, 5) is 8.24. The Kier molecular flexibility index (Phi) is 2.93. The van der Waals surface area contributed by atoms with Gasteiger partial charge in [0.25, 0.3) is 0 Å². The standard InChI is InChI=1S/C22H18N6/c1-15-12-18(4-3-10-23)13-16(2)21(15)27-20-9-11-25-22(28-20)26-19-7-5-17(14-24)6-8-19/h3-9,11-13H,1-2H3,(H2,25,26,27,28)/b4-3+/i1D3,2D3,3D,4D,5D,6D. The van der Waals surface area contributed by atoms with Gasteiger partial charge in [0.15, 0.2) is 0 Å². The van der Waals surface area contributed by atoms with Crippen LogP contribution in [0.1, 0.15) is 36.0 Å². The van der Waals surface area contributed by atoms with Gasteiger partial charge in [-0.15, -0.1) is 0 Å². The van der Waals surface area contributed by atoms with Gasteiger partial charge in [0.05, 0.1) is 23.2 Å². The van der Waals surface area contributed by atoms with Crippen LogP contribution in [0.15, 0.2) is 54.7 Å². The topological polar surface area (TPSA) is 97.4 Å². The number of aryl methyl sites for hydroxylation is 2. The second-order valence-corrected chi connectivity index (χ2v) is 5.34. The SMILES string of the molecule is [2H]/C(C#N)=C(/[2H])c1cc(C([2H])([2H])[2H])c(Nc2ccnc(Nc3cc([2H])c(C#N)c([2H])c3)n2)c(C([2H])([2H])[2H])c1. The predicted octanol–water partition coefficient (Wildman–Crippen LogP) is 4.99. The minimum Gasteiger partial charge on any atom is -0.340 e. The molecule has 0 saturated heterocycles. The fourth-order valence-electron chi connectivity index (χ4n) is 2.21. The molecule has 1 heterocycles. The third kappa shape index (κ3) is 4.51. The molecule has 2 aromatic carbocycles. The van der Waals surface area contributed by atoms with Crippen molar-refractivity contribution in [2.24, 2.45) is 0 Å². The molecule has 0 unspecified atom stereocenters. The van der Waals surface area contributed by atoms with Crippen LogP contribution in [0.5, 0.6) is 0 Å². The van der Waals surface area contributed by atoms with Gasteiger partial charge in [0.2, 0.25) is 5.95 Å². The molecule has 6 nitrogen and oxygen atoms in total. The normalized spacial score (nSPS) is 17.1. The Morgan fingerprint density at radius 2 is 1.89 bits per heavy atom. The number of hydrogen-bond acceptors (Lipinski definition) is 6. The molecule has 0 atom stereocenters. The molecule has 1 aromatic heterocycles. The summed E-state index contributed by atoms with van der Waals surface area (Å²) in [6.45, 7) is -5.70. The van der Waals surface area contributed by atoms with Crippen LogP contribution in [0.4, 0.5) is 23.1 Å². The van der Waals surface area contributed by atoms with E-state index in [2.05, 4.69) is 20.6 Å². The Bertz CT molecular complexity index is 1450. The smallest absolute Gasteiger partial charge is 0.229 e. The van der Waals surface area contributed by atoms with E-state index in [0.717, 1.165) is 12.1 Å². The zero-order valence-electron chi connectivity index (χ0n) is 24.3. The van der Waals surface area contributed by atoms with E-state index in [1.165, 1.54) is 30.5 Å². The Hall–Kier alpha value is -4.16. The van der Waals surface area contributed by atoms with Crippen LogP contribution in [0.25, 0.3) is 6.05 Å². The molecular formula is C22H18N6. The summed E-state index contributed by atoms with van der Waals surface area (Å²) in [6.07, 6.45) is 1.30. The Labute approximate surface area is 177 Å². The molecule has 2 N–H and O–H groups in total. The summed E-state index contributed by atoms with van der Waals surface area (Å²) in [5.74, 6) is -0.0397. The first-order valence-corrected chi connectivity index (χ1v) is 7.81. The van der Waals surface area contributed by atoms with E-state index in [9.17, 15) is 0 Å². The lowest BCUT2D eigenvalue weighted by Gasteiger charge is -2.14. The van der Waals surface area contributed by atoms with Crippen LogP contribution in [0.3, 0.4) is 0 Å². The fraction of sp³-hybridized carbons (Fsp3) is 0.0909. The lowest BCUT2D eigenvalue weighted by Crippen LogP contribution is -2.02. The van der Waals surface area contributed by atoms with Crippen LogP contribution in [-0.4, -0.2) is 9.97 Å². The van der Waals surface area contributed by atoms with Gasteiger partial charge in [-0.1, -0.05) is 0 Å². The van der Waals surface area contributed by atoms with Crippen molar-refractivity contribution in [1.82, 2.24) is 9.97 Å². The molecule has 0 aliphatic heterocycles. The van der Waals surface area contributed by atoms with Crippen molar-refractivity contribution in [3.8, 4) is 12.1 Å². The van der Waals surface area contributed by atoms with E-state index in [1.807, 2.05) is 0 Å². The average molecular weight is 376 g/mol. The average Bonchev–Trinajstić information content (AvgIpc) is 2.81. The maximum Gasteiger partial charge on any atom is 0.229 e. The molecule has 3 aromatic rings. The van der Waals surface area contributed by atoms with Crippen molar-refractivity contribution in [2.75, 3.05) is 10.6 Å². The van der Waals surface area contributed by atoms with Gasteiger partial charge < -0.3 is 10.6 Å². The zero-order chi connectivity index (χ0) is 28.4. The number of allylic oxidation sites excluding steroid dienone is 1.